The Morgan fingerprint density at radius 1 is 1.27 bits per heavy atom. The van der Waals surface area contributed by atoms with Crippen molar-refractivity contribution in [2.45, 2.75) is 70.4 Å². The predicted molar refractivity (Wildman–Crippen MR) is 65.2 cm³/mol. The molecule has 2 heteroatoms. The third kappa shape index (κ3) is 3.18. The van der Waals surface area contributed by atoms with Gasteiger partial charge in [0, 0.05) is 13.2 Å². The predicted octanol–water partition coefficient (Wildman–Crippen LogP) is 3.11. The van der Waals surface area contributed by atoms with E-state index in [9.17, 15) is 0 Å². The zero-order chi connectivity index (χ0) is 11.1. The molecule has 0 amide bonds. The number of unbranched alkanes of at least 4 members (excludes halogenated alkanes) is 1. The van der Waals surface area contributed by atoms with E-state index in [4.69, 9.17) is 4.74 Å². The molecular weight excluding hydrogens is 186 g/mol. The van der Waals surface area contributed by atoms with Gasteiger partial charge >= 0.3 is 0 Å². The highest BCUT2D eigenvalue weighted by Gasteiger charge is 2.40. The van der Waals surface area contributed by atoms with Gasteiger partial charge < -0.3 is 10.1 Å². The fourth-order valence-corrected chi connectivity index (χ4v) is 2.87. The van der Waals surface area contributed by atoms with Gasteiger partial charge in [-0.3, -0.25) is 0 Å². The first-order valence-electron chi connectivity index (χ1n) is 6.57. The van der Waals surface area contributed by atoms with E-state index in [0.29, 0.717) is 6.04 Å². The molecule has 0 aromatic carbocycles. The molecule has 15 heavy (non-hydrogen) atoms. The Morgan fingerprint density at radius 3 is 2.40 bits per heavy atom. The van der Waals surface area contributed by atoms with E-state index in [1.165, 1.54) is 44.9 Å². The second-order valence-electron chi connectivity index (χ2n) is 4.73. The quantitative estimate of drug-likeness (QED) is 0.701. The van der Waals surface area contributed by atoms with Crippen molar-refractivity contribution in [3.05, 3.63) is 0 Å². The number of hydrogen-bond acceptors (Lipinski definition) is 2. The molecule has 0 aromatic rings. The van der Waals surface area contributed by atoms with Gasteiger partial charge in [0.25, 0.3) is 0 Å². The number of methoxy groups -OCH3 is 1. The van der Waals surface area contributed by atoms with Crippen LogP contribution in [0.15, 0.2) is 0 Å². The van der Waals surface area contributed by atoms with Crippen LogP contribution in [0.4, 0.5) is 0 Å². The number of ether oxygens (including phenoxy) is 1. The molecule has 0 bridgehead atoms. The fourth-order valence-electron chi connectivity index (χ4n) is 2.87. The summed E-state index contributed by atoms with van der Waals surface area (Å²) >= 11 is 0. The van der Waals surface area contributed by atoms with Crippen LogP contribution in [0, 0.1) is 0 Å². The lowest BCUT2D eigenvalue weighted by atomic mass is 9.88. The van der Waals surface area contributed by atoms with E-state index < -0.39 is 0 Å². The van der Waals surface area contributed by atoms with Gasteiger partial charge in [0.2, 0.25) is 0 Å². The zero-order valence-electron chi connectivity index (χ0n) is 10.6. The lowest BCUT2D eigenvalue weighted by Crippen LogP contribution is -2.50. The van der Waals surface area contributed by atoms with Gasteiger partial charge in [-0.25, -0.2) is 0 Å². The minimum absolute atomic E-state index is 0.144. The topological polar surface area (TPSA) is 21.3 Å². The van der Waals surface area contributed by atoms with Crippen LogP contribution in [0.5, 0.6) is 0 Å². The highest BCUT2D eigenvalue weighted by Crippen LogP contribution is 2.37. The van der Waals surface area contributed by atoms with Crippen molar-refractivity contribution in [3.63, 3.8) is 0 Å². The van der Waals surface area contributed by atoms with Crippen molar-refractivity contribution in [1.82, 2.24) is 5.32 Å². The van der Waals surface area contributed by atoms with Crippen LogP contribution in [-0.4, -0.2) is 25.3 Å². The largest absolute Gasteiger partial charge is 0.377 e. The molecule has 1 rings (SSSR count). The Hall–Kier alpha value is -0.0800. The monoisotopic (exact) mass is 213 g/mol. The Morgan fingerprint density at radius 2 is 1.93 bits per heavy atom. The maximum Gasteiger partial charge on any atom is 0.0830 e. The minimum atomic E-state index is 0.144. The molecule has 1 saturated carbocycles. The second-order valence-corrected chi connectivity index (χ2v) is 4.73. The van der Waals surface area contributed by atoms with E-state index in [2.05, 4.69) is 19.2 Å². The summed E-state index contributed by atoms with van der Waals surface area (Å²) in [6, 6.07) is 0.565. The molecule has 1 unspecified atom stereocenters. The molecule has 0 aromatic heterocycles. The summed E-state index contributed by atoms with van der Waals surface area (Å²) in [6.45, 7) is 5.51. The van der Waals surface area contributed by atoms with Gasteiger partial charge in [-0.1, -0.05) is 39.5 Å². The van der Waals surface area contributed by atoms with Crippen molar-refractivity contribution in [1.29, 1.82) is 0 Å². The van der Waals surface area contributed by atoms with E-state index in [-0.39, 0.29) is 5.60 Å². The molecule has 0 aliphatic heterocycles. The Bertz CT molecular complexity index is 164. The molecule has 1 atom stereocenters. The first kappa shape index (κ1) is 13.0. The number of likely N-dealkylation sites (N-methyl/N-ethyl adjacent to an activating group) is 1. The second kappa shape index (κ2) is 6.49. The Balaban J connectivity index is 2.57. The summed E-state index contributed by atoms with van der Waals surface area (Å²) in [4.78, 5) is 0. The molecule has 2 nitrogen and oxygen atoms in total. The SMILES string of the molecule is CCCCC(NCC)C1(OC)CCCC1. The molecule has 90 valence electrons. The van der Waals surface area contributed by atoms with Crippen LogP contribution >= 0.6 is 0 Å². The molecule has 0 spiro atoms. The van der Waals surface area contributed by atoms with Gasteiger partial charge in [-0.2, -0.15) is 0 Å². The maximum absolute atomic E-state index is 5.85. The van der Waals surface area contributed by atoms with Crippen LogP contribution in [0.25, 0.3) is 0 Å². The molecule has 1 aliphatic carbocycles. The molecule has 0 saturated heterocycles. The van der Waals surface area contributed by atoms with Crippen LogP contribution < -0.4 is 5.32 Å². The van der Waals surface area contributed by atoms with Gasteiger partial charge in [-0.05, 0) is 25.8 Å². The van der Waals surface area contributed by atoms with Crippen LogP contribution in [0.3, 0.4) is 0 Å². The maximum atomic E-state index is 5.85. The molecular formula is C13H27NO. The van der Waals surface area contributed by atoms with E-state index in [1.807, 2.05) is 7.11 Å². The van der Waals surface area contributed by atoms with Gasteiger partial charge in [0.1, 0.15) is 0 Å². The summed E-state index contributed by atoms with van der Waals surface area (Å²) in [6.07, 6.45) is 9.00. The third-order valence-electron chi connectivity index (χ3n) is 3.79. The lowest BCUT2D eigenvalue weighted by Gasteiger charge is -2.37. The van der Waals surface area contributed by atoms with Crippen LogP contribution in [-0.2, 0) is 4.74 Å². The third-order valence-corrected chi connectivity index (χ3v) is 3.79. The number of hydrogen-bond donors (Lipinski definition) is 1. The van der Waals surface area contributed by atoms with Gasteiger partial charge in [0.05, 0.1) is 5.60 Å². The number of nitrogens with one attached hydrogen (secondary N) is 1. The summed E-state index contributed by atoms with van der Waals surface area (Å²) in [7, 11) is 1.89. The van der Waals surface area contributed by atoms with Crippen LogP contribution in [0.1, 0.15) is 58.8 Å². The highest BCUT2D eigenvalue weighted by atomic mass is 16.5. The average molecular weight is 213 g/mol. The Labute approximate surface area is 94.8 Å². The van der Waals surface area contributed by atoms with Gasteiger partial charge in [-0.15, -0.1) is 0 Å². The summed E-state index contributed by atoms with van der Waals surface area (Å²) in [5.74, 6) is 0. The Kier molecular flexibility index (Phi) is 5.62. The molecule has 1 fully saturated rings. The fraction of sp³-hybridized carbons (Fsp3) is 1.00. The van der Waals surface area contributed by atoms with Crippen molar-refractivity contribution < 1.29 is 4.74 Å². The standard InChI is InChI=1S/C13H27NO/c1-4-6-9-12(14-5-2)13(15-3)10-7-8-11-13/h12,14H,4-11H2,1-3H3. The zero-order valence-corrected chi connectivity index (χ0v) is 10.6. The first-order chi connectivity index (χ1) is 7.29. The van der Waals surface area contributed by atoms with E-state index in [0.717, 1.165) is 6.54 Å². The van der Waals surface area contributed by atoms with Crippen molar-refractivity contribution >= 4 is 0 Å². The van der Waals surface area contributed by atoms with Crippen molar-refractivity contribution in [2.24, 2.45) is 0 Å². The summed E-state index contributed by atoms with van der Waals surface area (Å²) in [5.41, 5.74) is 0.144. The minimum Gasteiger partial charge on any atom is -0.377 e. The van der Waals surface area contributed by atoms with Gasteiger partial charge in [0.15, 0.2) is 0 Å². The van der Waals surface area contributed by atoms with E-state index in [1.54, 1.807) is 0 Å². The molecule has 0 radical (unpaired) electrons. The molecule has 1 N–H and O–H groups in total. The van der Waals surface area contributed by atoms with Crippen molar-refractivity contribution in [3.8, 4) is 0 Å². The molecule has 0 heterocycles. The normalized spacial score (nSPS) is 21.8. The average Bonchev–Trinajstić information content (AvgIpc) is 2.74. The first-order valence-corrected chi connectivity index (χ1v) is 6.57. The summed E-state index contributed by atoms with van der Waals surface area (Å²) in [5, 5.41) is 3.63. The van der Waals surface area contributed by atoms with E-state index >= 15 is 0 Å². The lowest BCUT2D eigenvalue weighted by molar-refractivity contribution is -0.0378. The van der Waals surface area contributed by atoms with Crippen LogP contribution in [0.2, 0.25) is 0 Å². The van der Waals surface area contributed by atoms with Crippen molar-refractivity contribution in [2.75, 3.05) is 13.7 Å². The molecule has 1 aliphatic rings. The highest BCUT2D eigenvalue weighted by molar-refractivity contribution is 4.96. The number of rotatable bonds is 7. The smallest absolute Gasteiger partial charge is 0.0830 e. The summed E-state index contributed by atoms with van der Waals surface area (Å²) < 4.78 is 5.85.